The van der Waals surface area contributed by atoms with E-state index in [2.05, 4.69) is 10.1 Å². The van der Waals surface area contributed by atoms with Gasteiger partial charge in [-0.15, -0.1) is 0 Å². The maximum Gasteiger partial charge on any atom is 0.435 e. The Morgan fingerprint density at radius 3 is 2.53 bits per heavy atom. The van der Waals surface area contributed by atoms with E-state index in [1.54, 1.807) is 12.1 Å². The largest absolute Gasteiger partial charge is 0.492 e. The summed E-state index contributed by atoms with van der Waals surface area (Å²) in [5.74, 6) is 0.574. The summed E-state index contributed by atoms with van der Waals surface area (Å²) < 4.78 is 44.0. The van der Waals surface area contributed by atoms with Crippen molar-refractivity contribution in [1.82, 2.24) is 14.8 Å². The van der Waals surface area contributed by atoms with E-state index in [9.17, 15) is 13.2 Å². The van der Waals surface area contributed by atoms with Crippen molar-refractivity contribution >= 4 is 0 Å². The quantitative estimate of drug-likeness (QED) is 0.861. The zero-order valence-corrected chi connectivity index (χ0v) is 10.4. The SMILES string of the molecule is CCOc1ccc(-c2cc(C(F)(F)F)nn2C)nc1. The van der Waals surface area contributed by atoms with Gasteiger partial charge in [-0.05, 0) is 25.1 Å². The number of nitrogens with zero attached hydrogens (tertiary/aromatic N) is 3. The maximum absolute atomic E-state index is 12.5. The summed E-state index contributed by atoms with van der Waals surface area (Å²) in [6.45, 7) is 2.34. The summed E-state index contributed by atoms with van der Waals surface area (Å²) in [4.78, 5) is 4.07. The average molecular weight is 271 g/mol. The second-order valence-corrected chi connectivity index (χ2v) is 3.85. The molecule has 2 aromatic heterocycles. The third kappa shape index (κ3) is 2.86. The number of aromatic nitrogens is 3. The van der Waals surface area contributed by atoms with Crippen molar-refractivity contribution in [1.29, 1.82) is 0 Å². The van der Waals surface area contributed by atoms with Crippen molar-refractivity contribution in [3.8, 4) is 17.1 Å². The van der Waals surface area contributed by atoms with Crippen LogP contribution in [0.3, 0.4) is 0 Å². The molecule has 0 aliphatic carbocycles. The molecule has 0 aliphatic rings. The van der Waals surface area contributed by atoms with Crippen LogP contribution in [0.2, 0.25) is 0 Å². The molecule has 19 heavy (non-hydrogen) atoms. The van der Waals surface area contributed by atoms with E-state index in [-0.39, 0.29) is 0 Å². The van der Waals surface area contributed by atoms with Gasteiger partial charge in [0.2, 0.25) is 0 Å². The molecular weight excluding hydrogens is 259 g/mol. The number of pyridine rings is 1. The minimum Gasteiger partial charge on any atom is -0.492 e. The van der Waals surface area contributed by atoms with Crippen LogP contribution in [-0.4, -0.2) is 21.4 Å². The summed E-state index contributed by atoms with van der Waals surface area (Å²) in [7, 11) is 1.45. The third-order valence-corrected chi connectivity index (χ3v) is 2.48. The fourth-order valence-corrected chi connectivity index (χ4v) is 1.63. The molecule has 2 rings (SSSR count). The van der Waals surface area contributed by atoms with E-state index in [4.69, 9.17) is 4.74 Å². The molecule has 0 radical (unpaired) electrons. The first-order valence-corrected chi connectivity index (χ1v) is 5.62. The molecule has 0 aromatic carbocycles. The minimum atomic E-state index is -4.46. The van der Waals surface area contributed by atoms with Gasteiger partial charge in [0.05, 0.1) is 24.2 Å². The second kappa shape index (κ2) is 4.91. The van der Waals surface area contributed by atoms with Crippen molar-refractivity contribution in [2.45, 2.75) is 13.1 Å². The molecule has 0 saturated heterocycles. The van der Waals surface area contributed by atoms with Crippen LogP contribution >= 0.6 is 0 Å². The van der Waals surface area contributed by atoms with Gasteiger partial charge >= 0.3 is 6.18 Å². The van der Waals surface area contributed by atoms with Gasteiger partial charge in [0.15, 0.2) is 5.69 Å². The lowest BCUT2D eigenvalue weighted by molar-refractivity contribution is -0.141. The Kier molecular flexibility index (Phi) is 3.46. The number of alkyl halides is 3. The Morgan fingerprint density at radius 2 is 2.05 bits per heavy atom. The second-order valence-electron chi connectivity index (χ2n) is 3.85. The summed E-state index contributed by atoms with van der Waals surface area (Å²) in [5, 5.41) is 3.44. The highest BCUT2D eigenvalue weighted by Gasteiger charge is 2.34. The molecule has 0 unspecified atom stereocenters. The molecule has 0 bridgehead atoms. The number of halogens is 3. The highest BCUT2D eigenvalue weighted by Crippen LogP contribution is 2.31. The van der Waals surface area contributed by atoms with Gasteiger partial charge in [0, 0.05) is 7.05 Å². The van der Waals surface area contributed by atoms with E-state index in [1.807, 2.05) is 6.92 Å². The van der Waals surface area contributed by atoms with E-state index in [1.165, 1.54) is 13.2 Å². The monoisotopic (exact) mass is 271 g/mol. The molecule has 102 valence electrons. The van der Waals surface area contributed by atoms with Crippen LogP contribution in [0.15, 0.2) is 24.4 Å². The topological polar surface area (TPSA) is 39.9 Å². The maximum atomic E-state index is 12.5. The Hall–Kier alpha value is -2.05. The zero-order chi connectivity index (χ0) is 14.0. The van der Waals surface area contributed by atoms with E-state index >= 15 is 0 Å². The number of ether oxygens (including phenoxy) is 1. The molecule has 0 aliphatic heterocycles. The van der Waals surface area contributed by atoms with Gasteiger partial charge in [0.1, 0.15) is 5.75 Å². The molecule has 4 nitrogen and oxygen atoms in total. The number of hydrogen-bond acceptors (Lipinski definition) is 3. The van der Waals surface area contributed by atoms with Crippen molar-refractivity contribution < 1.29 is 17.9 Å². The fraction of sp³-hybridized carbons (Fsp3) is 0.333. The zero-order valence-electron chi connectivity index (χ0n) is 10.4. The van der Waals surface area contributed by atoms with Crippen LogP contribution < -0.4 is 4.74 Å². The number of hydrogen-bond donors (Lipinski definition) is 0. The van der Waals surface area contributed by atoms with E-state index < -0.39 is 11.9 Å². The average Bonchev–Trinajstić information content (AvgIpc) is 2.73. The smallest absolute Gasteiger partial charge is 0.435 e. The summed E-state index contributed by atoms with van der Waals surface area (Å²) >= 11 is 0. The highest BCUT2D eigenvalue weighted by molar-refractivity contribution is 5.55. The van der Waals surface area contributed by atoms with Gasteiger partial charge < -0.3 is 4.74 Å². The van der Waals surface area contributed by atoms with Gasteiger partial charge in [-0.25, -0.2) is 0 Å². The van der Waals surface area contributed by atoms with Gasteiger partial charge in [-0.1, -0.05) is 0 Å². The minimum absolute atomic E-state index is 0.301. The first-order chi connectivity index (χ1) is 8.91. The lowest BCUT2D eigenvalue weighted by Crippen LogP contribution is -2.06. The summed E-state index contributed by atoms with van der Waals surface area (Å²) in [6, 6.07) is 4.23. The normalized spacial score (nSPS) is 11.6. The number of rotatable bonds is 3. The van der Waals surface area contributed by atoms with Crippen molar-refractivity contribution in [3.05, 3.63) is 30.1 Å². The lowest BCUT2D eigenvalue weighted by Gasteiger charge is -2.04. The molecule has 0 fully saturated rings. The first-order valence-electron chi connectivity index (χ1n) is 5.62. The molecular formula is C12H12F3N3O. The first kappa shape index (κ1) is 13.4. The van der Waals surface area contributed by atoms with E-state index in [0.29, 0.717) is 23.7 Å². The molecule has 0 spiro atoms. The van der Waals surface area contributed by atoms with Crippen LogP contribution in [0.5, 0.6) is 5.75 Å². The molecule has 7 heteroatoms. The Balaban J connectivity index is 2.34. The molecule has 2 aromatic rings. The van der Waals surface area contributed by atoms with Crippen LogP contribution in [0.4, 0.5) is 13.2 Å². The summed E-state index contributed by atoms with van der Waals surface area (Å²) in [5.41, 5.74) is -0.218. The van der Waals surface area contributed by atoms with Crippen molar-refractivity contribution in [3.63, 3.8) is 0 Å². The molecule has 0 atom stereocenters. The molecule has 0 saturated carbocycles. The predicted molar refractivity (Wildman–Crippen MR) is 62.6 cm³/mol. The van der Waals surface area contributed by atoms with Crippen LogP contribution in [0, 0.1) is 0 Å². The summed E-state index contributed by atoms with van der Waals surface area (Å²) in [6.07, 6.45) is -2.99. The third-order valence-electron chi connectivity index (χ3n) is 2.48. The Labute approximate surface area is 107 Å². The Morgan fingerprint density at radius 1 is 1.32 bits per heavy atom. The fourth-order valence-electron chi connectivity index (χ4n) is 1.63. The van der Waals surface area contributed by atoms with Crippen LogP contribution in [-0.2, 0) is 13.2 Å². The van der Waals surface area contributed by atoms with Crippen LogP contribution in [0.1, 0.15) is 12.6 Å². The van der Waals surface area contributed by atoms with Gasteiger partial charge in [0.25, 0.3) is 0 Å². The van der Waals surface area contributed by atoms with E-state index in [0.717, 1.165) is 10.7 Å². The standard InChI is InChI=1S/C12H12F3N3O/c1-3-19-8-4-5-9(16-7-8)10-6-11(12(13,14)15)17-18(10)2/h4-7H,3H2,1-2H3. The number of aryl methyl sites for hydroxylation is 1. The Bertz CT molecular complexity index is 561. The predicted octanol–water partition coefficient (Wildman–Crippen LogP) is 2.90. The van der Waals surface area contributed by atoms with Crippen LogP contribution in [0.25, 0.3) is 11.4 Å². The molecule has 2 heterocycles. The molecule has 0 amide bonds. The van der Waals surface area contributed by atoms with Gasteiger partial charge in [-0.2, -0.15) is 18.3 Å². The highest BCUT2D eigenvalue weighted by atomic mass is 19.4. The van der Waals surface area contributed by atoms with Gasteiger partial charge in [-0.3, -0.25) is 9.67 Å². The van der Waals surface area contributed by atoms with Crippen molar-refractivity contribution in [2.24, 2.45) is 7.05 Å². The lowest BCUT2D eigenvalue weighted by atomic mass is 10.2. The van der Waals surface area contributed by atoms with Crippen molar-refractivity contribution in [2.75, 3.05) is 6.61 Å². The molecule has 0 N–H and O–H groups in total.